The van der Waals surface area contributed by atoms with Gasteiger partial charge in [0.25, 0.3) is 0 Å². The van der Waals surface area contributed by atoms with E-state index in [2.05, 4.69) is 23.9 Å². The van der Waals surface area contributed by atoms with Gasteiger partial charge < -0.3 is 0 Å². The van der Waals surface area contributed by atoms with E-state index >= 15 is 0 Å². The maximum absolute atomic E-state index is 5.54. The van der Waals surface area contributed by atoms with Crippen molar-refractivity contribution >= 4 is 15.8 Å². The summed E-state index contributed by atoms with van der Waals surface area (Å²) < 4.78 is 11.9. The molecule has 0 aliphatic heterocycles. The van der Waals surface area contributed by atoms with E-state index in [-0.39, 0.29) is 0 Å². The second-order valence-electron chi connectivity index (χ2n) is 5.26. The summed E-state index contributed by atoms with van der Waals surface area (Å²) in [5, 5.41) is 0. The molecule has 2 aromatic carbocycles. The summed E-state index contributed by atoms with van der Waals surface area (Å²) in [6, 6.07) is 12.8. The zero-order valence-electron chi connectivity index (χ0n) is 12.7. The SMILES string of the molecule is COc1cccc(OC)c1-c1ccc2c(c1)C([As]C)CC2. The standard InChI is InChI=1S/C18H20AsO2/c1-19-15-10-9-12-7-8-13(11-14(12)15)18-16(20-2)5-4-6-17(18)21-3/h4-8,11,15H,9-10H2,1-3H3. The first-order valence-electron chi connectivity index (χ1n) is 7.21. The van der Waals surface area contributed by atoms with Crippen LogP contribution in [-0.4, -0.2) is 30.0 Å². The Hall–Kier alpha value is -1.40. The fraction of sp³-hybridized carbons (Fsp3) is 0.333. The van der Waals surface area contributed by atoms with Crippen molar-refractivity contribution in [3.8, 4) is 22.6 Å². The first-order chi connectivity index (χ1) is 10.3. The van der Waals surface area contributed by atoms with E-state index in [1.807, 2.05) is 18.2 Å². The van der Waals surface area contributed by atoms with Gasteiger partial charge in [-0.25, -0.2) is 0 Å². The number of aryl methyl sites for hydroxylation is 1. The molecule has 1 unspecified atom stereocenters. The van der Waals surface area contributed by atoms with Crippen LogP contribution in [0.25, 0.3) is 11.1 Å². The Morgan fingerprint density at radius 2 is 1.76 bits per heavy atom. The molecule has 109 valence electrons. The number of hydrogen-bond acceptors (Lipinski definition) is 2. The maximum atomic E-state index is 5.54. The molecule has 3 heteroatoms. The van der Waals surface area contributed by atoms with Gasteiger partial charge in [0.05, 0.1) is 0 Å². The molecule has 2 aromatic rings. The average molecular weight is 343 g/mol. The fourth-order valence-corrected chi connectivity index (χ4v) is 5.04. The van der Waals surface area contributed by atoms with Gasteiger partial charge in [0.2, 0.25) is 0 Å². The molecule has 0 heterocycles. The van der Waals surface area contributed by atoms with E-state index in [0.717, 1.165) is 21.8 Å². The molecule has 1 atom stereocenters. The molecular weight excluding hydrogens is 323 g/mol. The Labute approximate surface area is 133 Å². The Morgan fingerprint density at radius 3 is 2.38 bits per heavy atom. The number of benzene rings is 2. The molecule has 1 aliphatic carbocycles. The first-order valence-corrected chi connectivity index (χ1v) is 10.2. The predicted octanol–water partition coefficient (Wildman–Crippen LogP) is 4.11. The summed E-state index contributed by atoms with van der Waals surface area (Å²) in [5.74, 6) is 1.74. The van der Waals surface area contributed by atoms with E-state index in [0.29, 0.717) is 15.8 Å². The third kappa shape index (κ3) is 2.58. The molecule has 0 spiro atoms. The van der Waals surface area contributed by atoms with Crippen molar-refractivity contribution in [2.24, 2.45) is 0 Å². The molecule has 0 amide bonds. The van der Waals surface area contributed by atoms with Crippen LogP contribution in [0, 0.1) is 0 Å². The molecular formula is C18H20AsO2. The van der Waals surface area contributed by atoms with Gasteiger partial charge in [0, 0.05) is 0 Å². The Morgan fingerprint density at radius 1 is 1.05 bits per heavy atom. The van der Waals surface area contributed by atoms with Gasteiger partial charge in [0.1, 0.15) is 0 Å². The van der Waals surface area contributed by atoms with Crippen LogP contribution in [0.15, 0.2) is 36.4 Å². The molecule has 3 rings (SSSR count). The van der Waals surface area contributed by atoms with Crippen molar-refractivity contribution in [1.82, 2.24) is 0 Å². The normalized spacial score (nSPS) is 17.2. The van der Waals surface area contributed by atoms with Crippen molar-refractivity contribution in [3.05, 3.63) is 47.5 Å². The van der Waals surface area contributed by atoms with E-state index < -0.39 is 0 Å². The quantitative estimate of drug-likeness (QED) is 0.778. The second kappa shape index (κ2) is 6.15. The number of methoxy groups -OCH3 is 2. The van der Waals surface area contributed by atoms with Gasteiger partial charge in [-0.1, -0.05) is 0 Å². The van der Waals surface area contributed by atoms with Gasteiger partial charge >= 0.3 is 133 Å². The minimum atomic E-state index is 0.388. The van der Waals surface area contributed by atoms with Gasteiger partial charge in [-0.05, 0) is 0 Å². The van der Waals surface area contributed by atoms with Crippen molar-refractivity contribution in [2.75, 3.05) is 14.2 Å². The monoisotopic (exact) mass is 343 g/mol. The van der Waals surface area contributed by atoms with Crippen LogP contribution in [0.3, 0.4) is 0 Å². The molecule has 0 N–H and O–H groups in total. The zero-order chi connectivity index (χ0) is 14.8. The van der Waals surface area contributed by atoms with E-state index in [4.69, 9.17) is 9.47 Å². The van der Waals surface area contributed by atoms with Crippen LogP contribution in [0.5, 0.6) is 11.5 Å². The fourth-order valence-electron chi connectivity index (χ4n) is 3.14. The minimum absolute atomic E-state index is 0.388. The summed E-state index contributed by atoms with van der Waals surface area (Å²) in [5.41, 5.74) is 7.69. The van der Waals surface area contributed by atoms with E-state index in [1.54, 1.807) is 19.8 Å². The van der Waals surface area contributed by atoms with Gasteiger partial charge in [0.15, 0.2) is 0 Å². The van der Waals surface area contributed by atoms with E-state index in [1.165, 1.54) is 24.0 Å². The molecule has 0 fully saturated rings. The summed E-state index contributed by atoms with van der Waals surface area (Å²) in [6.07, 6.45) is 2.55. The third-order valence-corrected chi connectivity index (χ3v) is 6.65. The molecule has 21 heavy (non-hydrogen) atoms. The van der Waals surface area contributed by atoms with Gasteiger partial charge in [-0.15, -0.1) is 0 Å². The molecule has 1 aliphatic rings. The van der Waals surface area contributed by atoms with Crippen molar-refractivity contribution in [3.63, 3.8) is 0 Å². The summed E-state index contributed by atoms with van der Waals surface area (Å²) in [7, 11) is 3.43. The summed E-state index contributed by atoms with van der Waals surface area (Å²) >= 11 is 0.388. The van der Waals surface area contributed by atoms with Crippen LogP contribution in [0.2, 0.25) is 5.71 Å². The van der Waals surface area contributed by atoms with Gasteiger partial charge in [-0.2, -0.15) is 0 Å². The molecule has 0 bridgehead atoms. The average Bonchev–Trinajstić information content (AvgIpc) is 2.96. The van der Waals surface area contributed by atoms with Gasteiger partial charge in [-0.3, -0.25) is 0 Å². The first kappa shape index (κ1) is 14.5. The van der Waals surface area contributed by atoms with Crippen molar-refractivity contribution < 1.29 is 9.47 Å². The third-order valence-electron chi connectivity index (χ3n) is 4.22. The molecule has 0 saturated heterocycles. The van der Waals surface area contributed by atoms with Crippen LogP contribution in [0.4, 0.5) is 0 Å². The van der Waals surface area contributed by atoms with Crippen LogP contribution < -0.4 is 9.47 Å². The Bertz CT molecular complexity index is 629. The number of hydrogen-bond donors (Lipinski definition) is 0. The van der Waals surface area contributed by atoms with Crippen LogP contribution >= 0.6 is 0 Å². The Kier molecular flexibility index (Phi) is 4.26. The molecule has 2 nitrogen and oxygen atoms in total. The van der Waals surface area contributed by atoms with Crippen molar-refractivity contribution in [1.29, 1.82) is 0 Å². The van der Waals surface area contributed by atoms with Crippen LogP contribution in [0.1, 0.15) is 22.3 Å². The number of fused-ring (bicyclic) bond motifs is 1. The number of ether oxygens (including phenoxy) is 2. The predicted molar refractivity (Wildman–Crippen MR) is 87.7 cm³/mol. The summed E-state index contributed by atoms with van der Waals surface area (Å²) in [6.45, 7) is 0. The topological polar surface area (TPSA) is 18.5 Å². The number of rotatable bonds is 4. The molecule has 0 aromatic heterocycles. The van der Waals surface area contributed by atoms with Crippen molar-refractivity contribution in [2.45, 2.75) is 23.3 Å². The summed E-state index contributed by atoms with van der Waals surface area (Å²) in [4.78, 5) is 0. The zero-order valence-corrected chi connectivity index (χ0v) is 14.6. The second-order valence-corrected chi connectivity index (χ2v) is 7.66. The van der Waals surface area contributed by atoms with E-state index in [9.17, 15) is 0 Å². The van der Waals surface area contributed by atoms with Crippen LogP contribution in [-0.2, 0) is 6.42 Å². The molecule has 1 radical (unpaired) electrons. The molecule has 0 saturated carbocycles. The Balaban J connectivity index is 2.14.